The van der Waals surface area contributed by atoms with Crippen LogP contribution in [-0.2, 0) is 0 Å². The van der Waals surface area contributed by atoms with Crippen LogP contribution in [0.3, 0.4) is 0 Å². The fourth-order valence-electron chi connectivity index (χ4n) is 3.41. The second kappa shape index (κ2) is 12.1. The van der Waals surface area contributed by atoms with Gasteiger partial charge in [-0.1, -0.05) is 68.3 Å². The Kier molecular flexibility index (Phi) is 8.93. The average molecular weight is 482 g/mol. The molecule has 3 aromatic rings. The molecular formula is C27H28ClNO5. The summed E-state index contributed by atoms with van der Waals surface area (Å²) in [4.78, 5) is 23.4. The van der Waals surface area contributed by atoms with E-state index < -0.39 is 6.16 Å². The minimum Gasteiger partial charge on any atom is -0.493 e. The Hall–Kier alpha value is -3.51. The summed E-state index contributed by atoms with van der Waals surface area (Å²) in [5.74, 6) is 0.678. The summed E-state index contributed by atoms with van der Waals surface area (Å²) in [6.07, 6.45) is 0.584. The van der Waals surface area contributed by atoms with Crippen LogP contribution in [0.4, 0.5) is 4.79 Å². The van der Waals surface area contributed by atoms with Crippen molar-refractivity contribution in [1.29, 1.82) is 0 Å². The van der Waals surface area contributed by atoms with E-state index in [-0.39, 0.29) is 17.6 Å². The predicted octanol–water partition coefficient (Wildman–Crippen LogP) is 6.78. The fraction of sp³-hybridized carbons (Fsp3) is 0.259. The Balaban J connectivity index is 1.61. The number of carboxylic acid groups (broad SMARTS) is 1. The van der Waals surface area contributed by atoms with Crippen LogP contribution in [0, 0.1) is 0 Å². The standard InChI is InChI=1S/C27H28ClNO5/c1-3-4-15-33-25-14-11-22(28)16-24(25)26(30)29-17-18(2)19-5-7-20(8-6-19)21-9-12-23(13-10-21)34-27(31)32/h5-14,16,18H,3-4,15,17H2,1-2H3,(H,29,30)(H,31,32). The van der Waals surface area contributed by atoms with Gasteiger partial charge in [0.2, 0.25) is 0 Å². The fourth-order valence-corrected chi connectivity index (χ4v) is 3.58. The molecule has 3 aromatic carbocycles. The highest BCUT2D eigenvalue weighted by Gasteiger charge is 2.15. The van der Waals surface area contributed by atoms with Gasteiger partial charge in [0.1, 0.15) is 11.5 Å². The molecule has 0 radical (unpaired) electrons. The van der Waals surface area contributed by atoms with Crippen molar-refractivity contribution in [2.24, 2.45) is 0 Å². The van der Waals surface area contributed by atoms with Gasteiger partial charge in [0.05, 0.1) is 12.2 Å². The van der Waals surface area contributed by atoms with Gasteiger partial charge in [-0.15, -0.1) is 0 Å². The van der Waals surface area contributed by atoms with Crippen LogP contribution in [0.25, 0.3) is 11.1 Å². The molecule has 0 spiro atoms. The van der Waals surface area contributed by atoms with Gasteiger partial charge in [0, 0.05) is 11.6 Å². The molecule has 1 unspecified atom stereocenters. The van der Waals surface area contributed by atoms with Crippen LogP contribution in [0.5, 0.6) is 11.5 Å². The first kappa shape index (κ1) is 25.1. The SMILES string of the molecule is CCCCOc1ccc(Cl)cc1C(=O)NCC(C)c1ccc(-c2ccc(OC(=O)O)cc2)cc1. The van der Waals surface area contributed by atoms with Crippen LogP contribution >= 0.6 is 11.6 Å². The number of carbonyl (C=O) groups excluding carboxylic acids is 1. The monoisotopic (exact) mass is 481 g/mol. The van der Waals surface area contributed by atoms with E-state index in [0.29, 0.717) is 29.5 Å². The zero-order valence-corrected chi connectivity index (χ0v) is 20.0. The molecule has 6 nitrogen and oxygen atoms in total. The van der Waals surface area contributed by atoms with E-state index in [1.807, 2.05) is 43.3 Å². The first-order chi connectivity index (χ1) is 16.4. The van der Waals surface area contributed by atoms with Crippen molar-refractivity contribution in [2.75, 3.05) is 13.2 Å². The lowest BCUT2D eigenvalue weighted by molar-refractivity contribution is 0.0947. The number of hydrogen-bond donors (Lipinski definition) is 2. The molecule has 178 valence electrons. The maximum atomic E-state index is 12.8. The van der Waals surface area contributed by atoms with Crippen molar-refractivity contribution < 1.29 is 24.2 Å². The van der Waals surface area contributed by atoms with Gasteiger partial charge in [-0.25, -0.2) is 4.79 Å². The third-order valence-corrected chi connectivity index (χ3v) is 5.62. The highest BCUT2D eigenvalue weighted by molar-refractivity contribution is 6.31. The zero-order chi connectivity index (χ0) is 24.5. The number of benzene rings is 3. The number of nitrogens with one attached hydrogen (secondary N) is 1. The number of halogens is 1. The Morgan fingerprint density at radius 2 is 1.65 bits per heavy atom. The summed E-state index contributed by atoms with van der Waals surface area (Å²) in [6.45, 7) is 5.14. The number of carbonyl (C=O) groups is 2. The maximum absolute atomic E-state index is 12.8. The topological polar surface area (TPSA) is 84.9 Å². The maximum Gasteiger partial charge on any atom is 0.511 e. The summed E-state index contributed by atoms with van der Waals surface area (Å²) in [7, 11) is 0. The molecule has 0 aliphatic carbocycles. The molecule has 1 atom stereocenters. The number of amides is 1. The Morgan fingerprint density at radius 1 is 1.00 bits per heavy atom. The average Bonchev–Trinajstić information content (AvgIpc) is 2.83. The largest absolute Gasteiger partial charge is 0.511 e. The lowest BCUT2D eigenvalue weighted by atomic mass is 9.97. The Labute approximate surface area is 204 Å². The van der Waals surface area contributed by atoms with Crippen molar-refractivity contribution >= 4 is 23.7 Å². The summed E-state index contributed by atoms with van der Waals surface area (Å²) < 4.78 is 10.4. The van der Waals surface area contributed by atoms with Gasteiger partial charge >= 0.3 is 6.16 Å². The molecule has 0 aliphatic rings. The van der Waals surface area contributed by atoms with Crippen LogP contribution in [0.2, 0.25) is 5.02 Å². The van der Waals surface area contributed by atoms with E-state index in [0.717, 1.165) is 29.5 Å². The summed E-state index contributed by atoms with van der Waals surface area (Å²) in [5.41, 5.74) is 3.46. The van der Waals surface area contributed by atoms with Gasteiger partial charge in [-0.05, 0) is 59.4 Å². The smallest absolute Gasteiger partial charge is 0.493 e. The third kappa shape index (κ3) is 6.99. The molecule has 3 rings (SSSR count). The highest BCUT2D eigenvalue weighted by atomic mass is 35.5. The molecule has 0 aliphatic heterocycles. The van der Waals surface area contributed by atoms with Crippen LogP contribution in [0.15, 0.2) is 66.7 Å². The third-order valence-electron chi connectivity index (χ3n) is 5.38. The van der Waals surface area contributed by atoms with E-state index >= 15 is 0 Å². The number of unbranched alkanes of at least 4 members (excludes halogenated alkanes) is 1. The van der Waals surface area contributed by atoms with Crippen molar-refractivity contribution in [3.63, 3.8) is 0 Å². The molecule has 34 heavy (non-hydrogen) atoms. The number of ether oxygens (including phenoxy) is 2. The van der Waals surface area contributed by atoms with E-state index in [2.05, 4.69) is 17.0 Å². The number of rotatable bonds is 10. The Bertz CT molecular complexity index is 1110. The Morgan fingerprint density at radius 3 is 2.26 bits per heavy atom. The minimum absolute atomic E-state index is 0.0907. The van der Waals surface area contributed by atoms with Crippen molar-refractivity contribution in [3.8, 4) is 22.6 Å². The van der Waals surface area contributed by atoms with Crippen molar-refractivity contribution in [1.82, 2.24) is 5.32 Å². The van der Waals surface area contributed by atoms with Gasteiger partial charge in [0.25, 0.3) is 5.91 Å². The summed E-state index contributed by atoms with van der Waals surface area (Å²) in [6, 6.07) is 20.0. The molecule has 0 heterocycles. The van der Waals surface area contributed by atoms with Crippen LogP contribution in [0.1, 0.15) is 48.5 Å². The zero-order valence-electron chi connectivity index (χ0n) is 19.2. The second-order valence-corrected chi connectivity index (χ2v) is 8.40. The second-order valence-electron chi connectivity index (χ2n) is 7.97. The van der Waals surface area contributed by atoms with Gasteiger partial charge in [-0.2, -0.15) is 0 Å². The lowest BCUT2D eigenvalue weighted by Gasteiger charge is -2.16. The minimum atomic E-state index is -1.34. The molecule has 0 fully saturated rings. The van der Waals surface area contributed by atoms with Crippen LogP contribution < -0.4 is 14.8 Å². The quantitative estimate of drug-likeness (QED) is 0.189. The molecule has 0 aromatic heterocycles. The molecule has 7 heteroatoms. The molecule has 2 N–H and O–H groups in total. The van der Waals surface area contributed by atoms with E-state index in [4.69, 9.17) is 21.4 Å². The van der Waals surface area contributed by atoms with Crippen LogP contribution in [-0.4, -0.2) is 30.3 Å². The van der Waals surface area contributed by atoms with Gasteiger partial charge < -0.3 is 19.9 Å². The molecule has 0 saturated heterocycles. The first-order valence-electron chi connectivity index (χ1n) is 11.2. The highest BCUT2D eigenvalue weighted by Crippen LogP contribution is 2.26. The number of hydrogen-bond acceptors (Lipinski definition) is 4. The molecule has 1 amide bonds. The lowest BCUT2D eigenvalue weighted by Crippen LogP contribution is -2.28. The van der Waals surface area contributed by atoms with Crippen molar-refractivity contribution in [3.05, 3.63) is 82.9 Å². The normalized spacial score (nSPS) is 11.5. The van der Waals surface area contributed by atoms with Crippen molar-refractivity contribution in [2.45, 2.75) is 32.6 Å². The first-order valence-corrected chi connectivity index (χ1v) is 11.6. The molecule has 0 saturated carbocycles. The molecular weight excluding hydrogens is 454 g/mol. The predicted molar refractivity (Wildman–Crippen MR) is 133 cm³/mol. The molecule has 0 bridgehead atoms. The van der Waals surface area contributed by atoms with E-state index in [1.54, 1.807) is 30.3 Å². The van der Waals surface area contributed by atoms with E-state index in [9.17, 15) is 9.59 Å². The summed E-state index contributed by atoms with van der Waals surface area (Å²) >= 11 is 6.11. The van der Waals surface area contributed by atoms with E-state index in [1.165, 1.54) is 0 Å². The van der Waals surface area contributed by atoms with Gasteiger partial charge in [0.15, 0.2) is 0 Å². The summed E-state index contributed by atoms with van der Waals surface area (Å²) in [5, 5.41) is 12.2. The van der Waals surface area contributed by atoms with Gasteiger partial charge in [-0.3, -0.25) is 4.79 Å².